The van der Waals surface area contributed by atoms with E-state index in [1.165, 1.54) is 5.56 Å². The standard InChI is InChI=1S/C22H28N2O3.ClH/c1-26-22(11-13-23-14-12-22)21(25)24-20-9-5-8-19(16-20)17-27-15-10-18-6-3-2-4-7-18;/h2-9,16,23H,10-15,17H2,1H3,(H,24,25);1H. The van der Waals surface area contributed by atoms with Crippen molar-refractivity contribution >= 4 is 24.0 Å². The molecular formula is C22H29ClN2O3. The lowest BCUT2D eigenvalue weighted by molar-refractivity contribution is -0.140. The predicted molar refractivity (Wildman–Crippen MR) is 114 cm³/mol. The molecule has 1 heterocycles. The van der Waals surface area contributed by atoms with Crippen LogP contribution < -0.4 is 10.6 Å². The van der Waals surface area contributed by atoms with Crippen LogP contribution in [0.4, 0.5) is 5.69 Å². The summed E-state index contributed by atoms with van der Waals surface area (Å²) in [5.74, 6) is -0.0753. The van der Waals surface area contributed by atoms with Gasteiger partial charge in [0.1, 0.15) is 5.60 Å². The first-order valence-corrected chi connectivity index (χ1v) is 9.50. The Balaban J connectivity index is 0.00000280. The van der Waals surface area contributed by atoms with E-state index in [4.69, 9.17) is 9.47 Å². The van der Waals surface area contributed by atoms with E-state index in [1.54, 1.807) is 7.11 Å². The number of rotatable bonds is 8. The Morgan fingerprint density at radius 1 is 1.07 bits per heavy atom. The summed E-state index contributed by atoms with van der Waals surface area (Å²) in [5.41, 5.74) is 2.34. The topological polar surface area (TPSA) is 59.6 Å². The van der Waals surface area contributed by atoms with Gasteiger partial charge in [-0.1, -0.05) is 42.5 Å². The van der Waals surface area contributed by atoms with E-state index >= 15 is 0 Å². The van der Waals surface area contributed by atoms with Gasteiger partial charge in [0.15, 0.2) is 0 Å². The van der Waals surface area contributed by atoms with Crippen molar-refractivity contribution in [3.05, 3.63) is 65.7 Å². The van der Waals surface area contributed by atoms with Gasteiger partial charge in [0.25, 0.3) is 5.91 Å². The highest BCUT2D eigenvalue weighted by Gasteiger charge is 2.39. The van der Waals surface area contributed by atoms with Crippen molar-refractivity contribution in [1.82, 2.24) is 5.32 Å². The molecule has 0 atom stereocenters. The molecule has 1 amide bonds. The molecule has 0 saturated carbocycles. The molecule has 28 heavy (non-hydrogen) atoms. The molecule has 6 heteroatoms. The zero-order valence-corrected chi connectivity index (χ0v) is 17.1. The highest BCUT2D eigenvalue weighted by Crippen LogP contribution is 2.25. The van der Waals surface area contributed by atoms with Crippen LogP contribution in [0.5, 0.6) is 0 Å². The Bertz CT molecular complexity index is 734. The Labute approximate surface area is 173 Å². The number of benzene rings is 2. The first-order valence-electron chi connectivity index (χ1n) is 9.50. The number of amides is 1. The summed E-state index contributed by atoms with van der Waals surface area (Å²) in [6, 6.07) is 18.1. The van der Waals surface area contributed by atoms with Crippen LogP contribution in [0, 0.1) is 0 Å². The van der Waals surface area contributed by atoms with Gasteiger partial charge < -0.3 is 20.1 Å². The molecule has 3 rings (SSSR count). The molecule has 0 spiro atoms. The Morgan fingerprint density at radius 3 is 2.50 bits per heavy atom. The summed E-state index contributed by atoms with van der Waals surface area (Å²) in [5, 5.41) is 6.28. The normalized spacial score (nSPS) is 15.5. The maximum atomic E-state index is 12.8. The number of anilines is 1. The number of carbonyl (C=O) groups is 1. The summed E-state index contributed by atoms with van der Waals surface area (Å²) in [6.07, 6.45) is 2.25. The Kier molecular flexibility index (Phi) is 8.93. The minimum Gasteiger partial charge on any atom is -0.376 e. The zero-order chi connectivity index (χ0) is 19.0. The van der Waals surface area contributed by atoms with Crippen LogP contribution in [-0.2, 0) is 27.3 Å². The van der Waals surface area contributed by atoms with Gasteiger partial charge in [-0.25, -0.2) is 0 Å². The van der Waals surface area contributed by atoms with E-state index in [0.717, 1.165) is 30.8 Å². The monoisotopic (exact) mass is 404 g/mol. The van der Waals surface area contributed by atoms with Crippen molar-refractivity contribution < 1.29 is 14.3 Å². The van der Waals surface area contributed by atoms with Gasteiger partial charge in [-0.3, -0.25) is 4.79 Å². The number of methoxy groups -OCH3 is 1. The van der Waals surface area contributed by atoms with Crippen molar-refractivity contribution in [2.45, 2.75) is 31.5 Å². The number of carbonyl (C=O) groups excluding carboxylic acids is 1. The third-order valence-corrected chi connectivity index (χ3v) is 5.05. The van der Waals surface area contributed by atoms with Crippen LogP contribution in [0.25, 0.3) is 0 Å². The zero-order valence-electron chi connectivity index (χ0n) is 16.3. The summed E-state index contributed by atoms with van der Waals surface area (Å²) in [6.45, 7) is 2.77. The van der Waals surface area contributed by atoms with E-state index in [9.17, 15) is 4.79 Å². The van der Waals surface area contributed by atoms with Crippen molar-refractivity contribution in [3.63, 3.8) is 0 Å². The van der Waals surface area contributed by atoms with Gasteiger partial charge in [0.05, 0.1) is 13.2 Å². The molecule has 1 aliphatic rings. The molecule has 2 aromatic rings. The quantitative estimate of drug-likeness (QED) is 0.660. The number of piperidine rings is 1. The number of nitrogens with one attached hydrogen (secondary N) is 2. The number of hydrogen-bond acceptors (Lipinski definition) is 4. The smallest absolute Gasteiger partial charge is 0.256 e. The van der Waals surface area contributed by atoms with E-state index in [-0.39, 0.29) is 18.3 Å². The van der Waals surface area contributed by atoms with Crippen LogP contribution >= 0.6 is 12.4 Å². The molecule has 5 nitrogen and oxygen atoms in total. The Morgan fingerprint density at radius 2 is 1.79 bits per heavy atom. The van der Waals surface area contributed by atoms with E-state index in [0.29, 0.717) is 26.1 Å². The van der Waals surface area contributed by atoms with Gasteiger partial charge in [-0.15, -0.1) is 12.4 Å². The van der Waals surface area contributed by atoms with E-state index < -0.39 is 5.60 Å². The second-order valence-electron chi connectivity index (χ2n) is 6.89. The lowest BCUT2D eigenvalue weighted by Crippen LogP contribution is -2.51. The summed E-state index contributed by atoms with van der Waals surface area (Å²) >= 11 is 0. The largest absolute Gasteiger partial charge is 0.376 e. The lowest BCUT2D eigenvalue weighted by Gasteiger charge is -2.34. The summed E-state index contributed by atoms with van der Waals surface area (Å²) in [7, 11) is 1.61. The molecule has 1 aliphatic heterocycles. The maximum Gasteiger partial charge on any atom is 0.256 e. The van der Waals surface area contributed by atoms with Crippen molar-refractivity contribution in [3.8, 4) is 0 Å². The fourth-order valence-electron chi connectivity index (χ4n) is 3.36. The first-order chi connectivity index (χ1) is 13.2. The van der Waals surface area contributed by atoms with Crippen LogP contribution in [0.15, 0.2) is 54.6 Å². The third kappa shape index (κ3) is 6.04. The molecule has 0 unspecified atom stereocenters. The minimum absolute atomic E-state index is 0. The second-order valence-corrected chi connectivity index (χ2v) is 6.89. The van der Waals surface area contributed by atoms with Crippen LogP contribution in [0.1, 0.15) is 24.0 Å². The average Bonchev–Trinajstić information content (AvgIpc) is 2.73. The fourth-order valence-corrected chi connectivity index (χ4v) is 3.36. The van der Waals surface area contributed by atoms with Gasteiger partial charge >= 0.3 is 0 Å². The number of halogens is 1. The average molecular weight is 405 g/mol. The third-order valence-electron chi connectivity index (χ3n) is 5.05. The molecule has 2 N–H and O–H groups in total. The molecule has 1 saturated heterocycles. The van der Waals surface area contributed by atoms with Gasteiger partial charge in [-0.05, 0) is 55.6 Å². The summed E-state index contributed by atoms with van der Waals surface area (Å²) in [4.78, 5) is 12.8. The molecule has 0 aromatic heterocycles. The number of hydrogen-bond donors (Lipinski definition) is 2. The Hall–Kier alpha value is -1.92. The SMILES string of the molecule is COC1(C(=O)Nc2cccc(COCCc3ccccc3)c2)CCNCC1.Cl. The molecule has 0 bridgehead atoms. The van der Waals surface area contributed by atoms with Crippen LogP contribution in [0.3, 0.4) is 0 Å². The van der Waals surface area contributed by atoms with Crippen molar-refractivity contribution in [2.24, 2.45) is 0 Å². The summed E-state index contributed by atoms with van der Waals surface area (Å²) < 4.78 is 11.4. The fraction of sp³-hybridized carbons (Fsp3) is 0.409. The molecule has 0 aliphatic carbocycles. The molecule has 2 aromatic carbocycles. The minimum atomic E-state index is -0.743. The molecule has 0 radical (unpaired) electrons. The van der Waals surface area contributed by atoms with Gasteiger partial charge in [0, 0.05) is 12.8 Å². The van der Waals surface area contributed by atoms with E-state index in [1.807, 2.05) is 42.5 Å². The maximum absolute atomic E-state index is 12.8. The van der Waals surface area contributed by atoms with Gasteiger partial charge in [-0.2, -0.15) is 0 Å². The second kappa shape index (κ2) is 11.2. The van der Waals surface area contributed by atoms with Crippen molar-refractivity contribution in [1.29, 1.82) is 0 Å². The molecular weight excluding hydrogens is 376 g/mol. The van der Waals surface area contributed by atoms with Crippen LogP contribution in [-0.4, -0.2) is 38.3 Å². The van der Waals surface area contributed by atoms with E-state index in [2.05, 4.69) is 22.8 Å². The lowest BCUT2D eigenvalue weighted by atomic mass is 9.91. The molecule has 152 valence electrons. The first kappa shape index (κ1) is 22.4. The highest BCUT2D eigenvalue weighted by molar-refractivity contribution is 5.97. The predicted octanol–water partition coefficient (Wildman–Crippen LogP) is 3.57. The van der Waals surface area contributed by atoms with Gasteiger partial charge in [0.2, 0.25) is 0 Å². The number of ether oxygens (including phenoxy) is 2. The molecule has 1 fully saturated rings. The van der Waals surface area contributed by atoms with Crippen molar-refractivity contribution in [2.75, 3.05) is 32.1 Å². The van der Waals surface area contributed by atoms with Crippen LogP contribution in [0.2, 0.25) is 0 Å². The highest BCUT2D eigenvalue weighted by atomic mass is 35.5.